The third-order valence-corrected chi connectivity index (χ3v) is 5.35. The maximum Gasteiger partial charge on any atom is 0.426 e. The molecule has 0 aliphatic rings. The molecule has 0 amide bonds. The molecule has 0 spiro atoms. The number of hydrogen-bond donors (Lipinski definition) is 1. The molecule has 31 heavy (non-hydrogen) atoms. The van der Waals surface area contributed by atoms with Crippen LogP contribution >= 0.6 is 0 Å². The first-order valence-electron chi connectivity index (χ1n) is 9.91. The average Bonchev–Trinajstić information content (AvgIpc) is 2.71. The summed E-state index contributed by atoms with van der Waals surface area (Å²) in [5.41, 5.74) is -5.15. The Labute approximate surface area is 178 Å². The predicted molar refractivity (Wildman–Crippen MR) is 110 cm³/mol. The zero-order chi connectivity index (χ0) is 23.4. The van der Waals surface area contributed by atoms with Gasteiger partial charge in [0.2, 0.25) is 5.60 Å². The van der Waals surface area contributed by atoms with E-state index in [1.54, 1.807) is 6.21 Å². The van der Waals surface area contributed by atoms with E-state index >= 15 is 0 Å². The van der Waals surface area contributed by atoms with Gasteiger partial charge >= 0.3 is 6.18 Å². The van der Waals surface area contributed by atoms with Crippen molar-refractivity contribution >= 4 is 11.9 Å². The van der Waals surface area contributed by atoms with Crippen molar-refractivity contribution in [2.45, 2.75) is 51.8 Å². The second-order valence-electron chi connectivity index (χ2n) is 7.57. The highest BCUT2D eigenvalue weighted by Crippen LogP contribution is 2.49. The Hall–Kier alpha value is -2.48. The summed E-state index contributed by atoms with van der Waals surface area (Å²) in [5, 5.41) is 10.8. The van der Waals surface area contributed by atoms with Crippen molar-refractivity contribution in [1.82, 2.24) is 0 Å². The van der Waals surface area contributed by atoms with Crippen molar-refractivity contribution in [2.24, 2.45) is 10.9 Å². The summed E-state index contributed by atoms with van der Waals surface area (Å²) in [7, 11) is 1.13. The fourth-order valence-electron chi connectivity index (χ4n) is 3.22. The van der Waals surface area contributed by atoms with Gasteiger partial charge in [0.05, 0.1) is 12.8 Å². The van der Waals surface area contributed by atoms with E-state index in [1.807, 2.05) is 0 Å². The van der Waals surface area contributed by atoms with Crippen molar-refractivity contribution in [3.05, 3.63) is 58.7 Å². The molecule has 2 atom stereocenters. The van der Waals surface area contributed by atoms with Crippen molar-refractivity contribution in [3.63, 3.8) is 0 Å². The van der Waals surface area contributed by atoms with Gasteiger partial charge in [-0.05, 0) is 55.5 Å². The van der Waals surface area contributed by atoms with Gasteiger partial charge in [0.15, 0.2) is 0 Å². The third kappa shape index (κ3) is 5.23. The average molecular weight is 443 g/mol. The monoisotopic (exact) mass is 443 g/mol. The van der Waals surface area contributed by atoms with Gasteiger partial charge < -0.3 is 9.84 Å². The first kappa shape index (κ1) is 24.8. The molecule has 0 aromatic heterocycles. The predicted octanol–water partition coefficient (Wildman–Crippen LogP) is 6.61. The van der Waals surface area contributed by atoms with Crippen LogP contribution in [0.25, 0.3) is 0 Å². The van der Waals surface area contributed by atoms with Crippen LogP contribution in [0.1, 0.15) is 49.8 Å². The molecule has 0 saturated carbocycles. The first-order chi connectivity index (χ1) is 14.4. The summed E-state index contributed by atoms with van der Waals surface area (Å²) in [6.07, 6.45) is -1.04. The fraction of sp³-hybridized carbons (Fsp3) is 0.435. The van der Waals surface area contributed by atoms with Crippen LogP contribution in [0.4, 0.5) is 27.6 Å². The molecule has 2 rings (SSSR count). The normalized spacial score (nSPS) is 15.2. The second kappa shape index (κ2) is 9.77. The highest BCUT2D eigenvalue weighted by molar-refractivity contribution is 5.67. The Kier molecular flexibility index (Phi) is 7.81. The van der Waals surface area contributed by atoms with Gasteiger partial charge in [0, 0.05) is 23.4 Å². The largest absolute Gasteiger partial charge is 0.496 e. The Balaban J connectivity index is 2.59. The minimum absolute atomic E-state index is 0.315. The summed E-state index contributed by atoms with van der Waals surface area (Å²) >= 11 is 0. The molecule has 2 aromatic rings. The number of aliphatic imine (C=N–C) groups is 1. The van der Waals surface area contributed by atoms with Crippen LogP contribution in [0, 0.1) is 24.5 Å². The summed E-state index contributed by atoms with van der Waals surface area (Å²) < 4.78 is 75.3. The van der Waals surface area contributed by atoms with E-state index in [9.17, 15) is 27.1 Å². The van der Waals surface area contributed by atoms with Gasteiger partial charge in [0.25, 0.3) is 0 Å². The Bertz CT molecular complexity index is 942. The van der Waals surface area contributed by atoms with Crippen molar-refractivity contribution in [1.29, 1.82) is 0 Å². The number of rotatable bonds is 8. The first-order valence-corrected chi connectivity index (χ1v) is 9.91. The second-order valence-corrected chi connectivity index (χ2v) is 7.57. The van der Waals surface area contributed by atoms with Gasteiger partial charge in [-0.2, -0.15) is 13.2 Å². The molecule has 2 unspecified atom stereocenters. The number of alkyl halides is 3. The van der Waals surface area contributed by atoms with Gasteiger partial charge in [-0.15, -0.1) is 0 Å². The van der Waals surface area contributed by atoms with Crippen molar-refractivity contribution < 1.29 is 31.8 Å². The molecule has 0 bridgehead atoms. The summed E-state index contributed by atoms with van der Waals surface area (Å²) in [4.78, 5) is 4.31. The van der Waals surface area contributed by atoms with E-state index in [2.05, 4.69) is 18.8 Å². The number of hydrogen-bond acceptors (Lipinski definition) is 3. The van der Waals surface area contributed by atoms with Gasteiger partial charge in [-0.3, -0.25) is 4.99 Å². The molecule has 0 heterocycles. The van der Waals surface area contributed by atoms with Gasteiger partial charge in [-0.1, -0.05) is 20.3 Å². The van der Waals surface area contributed by atoms with Crippen LogP contribution in [0.5, 0.6) is 5.75 Å². The molecular formula is C23H26F5NO2. The zero-order valence-corrected chi connectivity index (χ0v) is 17.9. The van der Waals surface area contributed by atoms with Crippen molar-refractivity contribution in [2.75, 3.05) is 7.11 Å². The summed E-state index contributed by atoms with van der Waals surface area (Å²) in [6.45, 7) is 5.71. The van der Waals surface area contributed by atoms with Gasteiger partial charge in [-0.25, -0.2) is 8.78 Å². The van der Waals surface area contributed by atoms with Gasteiger partial charge in [0.1, 0.15) is 17.4 Å². The molecule has 3 nitrogen and oxygen atoms in total. The lowest BCUT2D eigenvalue weighted by molar-refractivity contribution is -0.249. The van der Waals surface area contributed by atoms with E-state index in [1.165, 1.54) is 13.0 Å². The van der Waals surface area contributed by atoms with Crippen LogP contribution in [-0.2, 0) is 5.60 Å². The molecule has 0 aliphatic carbocycles. The van der Waals surface area contributed by atoms with E-state index in [-0.39, 0.29) is 5.75 Å². The zero-order valence-electron chi connectivity index (χ0n) is 17.9. The fourth-order valence-corrected chi connectivity index (χ4v) is 3.22. The highest BCUT2D eigenvalue weighted by atomic mass is 19.4. The topological polar surface area (TPSA) is 41.8 Å². The van der Waals surface area contributed by atoms with E-state index in [0.29, 0.717) is 41.8 Å². The number of nitrogens with zero attached hydrogens (tertiary/aromatic N) is 1. The molecule has 0 fully saturated rings. The lowest BCUT2D eigenvalue weighted by Crippen LogP contribution is -2.44. The van der Waals surface area contributed by atoms with Crippen LogP contribution in [0.2, 0.25) is 0 Å². The molecule has 0 aliphatic heterocycles. The maximum absolute atomic E-state index is 14.3. The highest BCUT2D eigenvalue weighted by Gasteiger charge is 2.59. The van der Waals surface area contributed by atoms with Crippen LogP contribution in [0.15, 0.2) is 35.3 Å². The van der Waals surface area contributed by atoms with Crippen LogP contribution < -0.4 is 4.74 Å². The third-order valence-electron chi connectivity index (χ3n) is 5.35. The summed E-state index contributed by atoms with van der Waals surface area (Å²) in [6, 6.07) is 3.83. The smallest absolute Gasteiger partial charge is 0.426 e. The van der Waals surface area contributed by atoms with Crippen LogP contribution in [-0.4, -0.2) is 24.6 Å². The minimum atomic E-state index is -5.36. The Morgan fingerprint density at radius 3 is 2.39 bits per heavy atom. The van der Waals surface area contributed by atoms with Crippen LogP contribution in [0.3, 0.4) is 0 Å². The number of ether oxygens (including phenoxy) is 1. The molecule has 8 heteroatoms. The molecule has 1 N–H and O–H groups in total. The molecule has 170 valence electrons. The Morgan fingerprint density at radius 2 is 1.81 bits per heavy atom. The SMILES string of the molecule is CCC(C)CC/C=N/c1cc(OC)c(C(O)(c2cc(F)ccc2F)C(F)(F)F)cc1C. The standard InChI is InChI=1S/C23H26F5NO2/c1-5-14(2)7-6-10-29-20-13-21(31-4)18(11-15(20)3)22(30,23(26,27)28)17-12-16(24)8-9-19(17)25/h8-14,30H,5-7H2,1-4H3/b29-10+. The summed E-state index contributed by atoms with van der Waals surface area (Å²) in [5.74, 6) is -2.33. The lowest BCUT2D eigenvalue weighted by atomic mass is 9.83. The van der Waals surface area contributed by atoms with E-state index in [4.69, 9.17) is 4.74 Å². The molecule has 0 radical (unpaired) electrons. The molecular weight excluding hydrogens is 417 g/mol. The van der Waals surface area contributed by atoms with E-state index < -0.39 is 34.5 Å². The van der Waals surface area contributed by atoms with Crippen molar-refractivity contribution in [3.8, 4) is 5.75 Å². The van der Waals surface area contributed by atoms with E-state index in [0.717, 1.165) is 26.0 Å². The lowest BCUT2D eigenvalue weighted by Gasteiger charge is -2.33. The number of halogens is 5. The molecule has 0 saturated heterocycles. The number of aliphatic hydroxyl groups is 1. The minimum Gasteiger partial charge on any atom is -0.496 e. The quantitative estimate of drug-likeness (QED) is 0.369. The number of methoxy groups -OCH3 is 1. The maximum atomic E-state index is 14.3. The molecule has 2 aromatic carbocycles. The Morgan fingerprint density at radius 1 is 1.13 bits per heavy atom. The number of aryl methyl sites for hydroxylation is 1. The number of benzene rings is 2.